The van der Waals surface area contributed by atoms with E-state index in [2.05, 4.69) is 24.8 Å². The van der Waals surface area contributed by atoms with Crippen LogP contribution in [-0.4, -0.2) is 25.6 Å². The standard InChI is InChI=1S/C13H18O2S/c1-14-12-4-2-10(3-5-12)8-11-9-15-7-6-13(11)16/h2-5,11,13,16H,6-9H2,1H3/t11-,13+/m1/s1. The molecule has 0 amide bonds. The maximum Gasteiger partial charge on any atom is 0.118 e. The maximum atomic E-state index is 5.50. The van der Waals surface area contributed by atoms with Crippen molar-refractivity contribution in [1.29, 1.82) is 0 Å². The molecule has 1 aliphatic heterocycles. The molecule has 0 aliphatic carbocycles. The molecular formula is C13H18O2S. The SMILES string of the molecule is COc1ccc(C[C@@H]2COCC[C@@H]2S)cc1. The highest BCUT2D eigenvalue weighted by Gasteiger charge is 2.22. The average molecular weight is 238 g/mol. The molecule has 1 aromatic carbocycles. The molecule has 2 atom stereocenters. The molecule has 0 N–H and O–H groups in total. The number of rotatable bonds is 3. The highest BCUT2D eigenvalue weighted by atomic mass is 32.1. The Morgan fingerprint density at radius 2 is 2.12 bits per heavy atom. The molecule has 0 spiro atoms. The minimum atomic E-state index is 0.468. The van der Waals surface area contributed by atoms with Crippen LogP contribution in [-0.2, 0) is 11.2 Å². The van der Waals surface area contributed by atoms with Crippen LogP contribution in [0.5, 0.6) is 5.75 Å². The summed E-state index contributed by atoms with van der Waals surface area (Å²) in [6.45, 7) is 1.69. The molecule has 1 aromatic rings. The van der Waals surface area contributed by atoms with E-state index in [0.29, 0.717) is 11.2 Å². The fourth-order valence-electron chi connectivity index (χ4n) is 2.04. The highest BCUT2D eigenvalue weighted by Crippen LogP contribution is 2.24. The summed E-state index contributed by atoms with van der Waals surface area (Å²) < 4.78 is 10.6. The summed E-state index contributed by atoms with van der Waals surface area (Å²) >= 11 is 4.62. The molecule has 2 rings (SSSR count). The van der Waals surface area contributed by atoms with Gasteiger partial charge in [0, 0.05) is 11.9 Å². The van der Waals surface area contributed by atoms with Crippen molar-refractivity contribution in [1.82, 2.24) is 0 Å². The zero-order valence-corrected chi connectivity index (χ0v) is 10.5. The number of ether oxygens (including phenoxy) is 2. The number of hydrogen-bond donors (Lipinski definition) is 1. The number of hydrogen-bond acceptors (Lipinski definition) is 3. The van der Waals surface area contributed by atoms with Gasteiger partial charge < -0.3 is 9.47 Å². The van der Waals surface area contributed by atoms with E-state index in [0.717, 1.165) is 31.8 Å². The number of benzene rings is 1. The lowest BCUT2D eigenvalue weighted by atomic mass is 9.93. The first-order chi connectivity index (χ1) is 7.79. The molecule has 0 saturated carbocycles. The van der Waals surface area contributed by atoms with Gasteiger partial charge in [0.05, 0.1) is 13.7 Å². The molecule has 1 heterocycles. The maximum absolute atomic E-state index is 5.50. The molecule has 1 fully saturated rings. The minimum absolute atomic E-state index is 0.468. The monoisotopic (exact) mass is 238 g/mol. The van der Waals surface area contributed by atoms with Gasteiger partial charge in [-0.25, -0.2) is 0 Å². The van der Waals surface area contributed by atoms with Crippen molar-refractivity contribution in [2.24, 2.45) is 5.92 Å². The van der Waals surface area contributed by atoms with Gasteiger partial charge >= 0.3 is 0 Å². The van der Waals surface area contributed by atoms with Crippen molar-refractivity contribution in [3.8, 4) is 5.75 Å². The second-order valence-electron chi connectivity index (χ2n) is 4.24. The first-order valence-corrected chi connectivity index (χ1v) is 6.20. The molecule has 16 heavy (non-hydrogen) atoms. The van der Waals surface area contributed by atoms with Crippen LogP contribution in [0.3, 0.4) is 0 Å². The first kappa shape index (κ1) is 11.8. The molecule has 2 nitrogen and oxygen atoms in total. The molecular weight excluding hydrogens is 220 g/mol. The minimum Gasteiger partial charge on any atom is -0.497 e. The molecule has 0 aromatic heterocycles. The van der Waals surface area contributed by atoms with E-state index in [-0.39, 0.29) is 0 Å². The molecule has 0 radical (unpaired) electrons. The van der Waals surface area contributed by atoms with Crippen LogP contribution in [0, 0.1) is 5.92 Å². The van der Waals surface area contributed by atoms with E-state index in [1.807, 2.05) is 12.1 Å². The van der Waals surface area contributed by atoms with Gasteiger partial charge in [0.25, 0.3) is 0 Å². The summed E-state index contributed by atoms with van der Waals surface area (Å²) in [6, 6.07) is 8.25. The van der Waals surface area contributed by atoms with E-state index >= 15 is 0 Å². The fraction of sp³-hybridized carbons (Fsp3) is 0.538. The summed E-state index contributed by atoms with van der Waals surface area (Å²) in [7, 11) is 1.69. The Kier molecular flexibility index (Phi) is 4.13. The van der Waals surface area contributed by atoms with E-state index in [1.165, 1.54) is 5.56 Å². The Hall–Kier alpha value is -0.670. The lowest BCUT2D eigenvalue weighted by Crippen LogP contribution is -2.29. The second-order valence-corrected chi connectivity index (χ2v) is 4.91. The number of methoxy groups -OCH3 is 1. The van der Waals surface area contributed by atoms with Gasteiger partial charge in [-0.3, -0.25) is 0 Å². The van der Waals surface area contributed by atoms with Crippen LogP contribution >= 0.6 is 12.6 Å². The summed E-state index contributed by atoms with van der Waals surface area (Å²) in [4.78, 5) is 0. The van der Waals surface area contributed by atoms with Gasteiger partial charge in [-0.15, -0.1) is 0 Å². The normalized spacial score (nSPS) is 25.4. The van der Waals surface area contributed by atoms with Crippen LogP contribution in [0.4, 0.5) is 0 Å². The van der Waals surface area contributed by atoms with E-state index in [1.54, 1.807) is 7.11 Å². The molecule has 88 valence electrons. The lowest BCUT2D eigenvalue weighted by Gasteiger charge is -2.28. The van der Waals surface area contributed by atoms with Crippen LogP contribution in [0.25, 0.3) is 0 Å². The summed E-state index contributed by atoms with van der Waals surface area (Å²) in [5, 5.41) is 0.468. The van der Waals surface area contributed by atoms with Crippen LogP contribution in [0.1, 0.15) is 12.0 Å². The second kappa shape index (κ2) is 5.60. The highest BCUT2D eigenvalue weighted by molar-refractivity contribution is 7.81. The van der Waals surface area contributed by atoms with E-state index in [4.69, 9.17) is 9.47 Å². The third-order valence-electron chi connectivity index (χ3n) is 3.09. The number of thiol groups is 1. The van der Waals surface area contributed by atoms with Gasteiger partial charge in [-0.2, -0.15) is 12.6 Å². The Bertz CT molecular complexity index is 323. The van der Waals surface area contributed by atoms with E-state index in [9.17, 15) is 0 Å². The Balaban J connectivity index is 1.96. The van der Waals surface area contributed by atoms with Crippen molar-refractivity contribution in [3.05, 3.63) is 29.8 Å². The lowest BCUT2D eigenvalue weighted by molar-refractivity contribution is 0.0596. The van der Waals surface area contributed by atoms with Crippen LogP contribution in [0.15, 0.2) is 24.3 Å². The molecule has 1 saturated heterocycles. The Labute approximate surface area is 102 Å². The third kappa shape index (κ3) is 2.92. The zero-order chi connectivity index (χ0) is 11.4. The summed E-state index contributed by atoms with van der Waals surface area (Å²) in [5.41, 5.74) is 1.33. The predicted octanol–water partition coefficient (Wildman–Crippen LogP) is 2.57. The quantitative estimate of drug-likeness (QED) is 0.816. The zero-order valence-electron chi connectivity index (χ0n) is 9.56. The first-order valence-electron chi connectivity index (χ1n) is 5.68. The van der Waals surface area contributed by atoms with Crippen molar-refractivity contribution in [2.75, 3.05) is 20.3 Å². The van der Waals surface area contributed by atoms with Crippen LogP contribution < -0.4 is 4.74 Å². The van der Waals surface area contributed by atoms with Crippen molar-refractivity contribution in [3.63, 3.8) is 0 Å². The van der Waals surface area contributed by atoms with Gasteiger partial charge in [0.2, 0.25) is 0 Å². The van der Waals surface area contributed by atoms with Crippen molar-refractivity contribution < 1.29 is 9.47 Å². The van der Waals surface area contributed by atoms with Gasteiger partial charge in [0.1, 0.15) is 5.75 Å². The fourth-order valence-corrected chi connectivity index (χ4v) is 2.34. The van der Waals surface area contributed by atoms with Crippen LogP contribution in [0.2, 0.25) is 0 Å². The topological polar surface area (TPSA) is 18.5 Å². The Morgan fingerprint density at radius 1 is 1.38 bits per heavy atom. The smallest absolute Gasteiger partial charge is 0.118 e. The molecule has 3 heteroatoms. The molecule has 1 aliphatic rings. The van der Waals surface area contributed by atoms with Gasteiger partial charge in [-0.1, -0.05) is 12.1 Å². The Morgan fingerprint density at radius 3 is 2.75 bits per heavy atom. The van der Waals surface area contributed by atoms with Crippen molar-refractivity contribution >= 4 is 12.6 Å². The summed E-state index contributed by atoms with van der Waals surface area (Å²) in [5.74, 6) is 1.44. The van der Waals surface area contributed by atoms with Crippen molar-refractivity contribution in [2.45, 2.75) is 18.1 Å². The molecule has 0 unspecified atom stereocenters. The van der Waals surface area contributed by atoms with E-state index < -0.39 is 0 Å². The largest absolute Gasteiger partial charge is 0.497 e. The third-order valence-corrected chi connectivity index (χ3v) is 3.77. The average Bonchev–Trinajstić information content (AvgIpc) is 2.33. The van der Waals surface area contributed by atoms with Gasteiger partial charge in [-0.05, 0) is 36.5 Å². The molecule has 0 bridgehead atoms. The van der Waals surface area contributed by atoms with Gasteiger partial charge in [0.15, 0.2) is 0 Å². The summed E-state index contributed by atoms with van der Waals surface area (Å²) in [6.07, 6.45) is 2.10. The predicted molar refractivity (Wildman–Crippen MR) is 68.4 cm³/mol.